The monoisotopic (exact) mass is 741 g/mol. The molecule has 1 aliphatic rings. The predicted octanol–water partition coefficient (Wildman–Crippen LogP) is 10.4. The fourth-order valence-corrected chi connectivity index (χ4v) is 12.0. The van der Waals surface area contributed by atoms with Crippen LogP contribution in [-0.4, -0.2) is 24.5 Å². The Bertz CT molecular complexity index is 2070. The van der Waals surface area contributed by atoms with Crippen LogP contribution in [0.25, 0.3) is 0 Å². The van der Waals surface area contributed by atoms with Gasteiger partial charge in [0.25, 0.3) is 0 Å². The smallest absolute Gasteiger partial charge is 0.447 e. The lowest BCUT2D eigenvalue weighted by atomic mass is 10.3. The van der Waals surface area contributed by atoms with E-state index in [-0.39, 0.29) is 34.5 Å². The van der Waals surface area contributed by atoms with Crippen molar-refractivity contribution >= 4 is 24.6 Å². The number of phenols is 3. The molecule has 7 rings (SSSR count). The molecule has 0 saturated carbocycles. The van der Waals surface area contributed by atoms with Crippen LogP contribution in [0.1, 0.15) is 0 Å². The molecule has 6 aromatic rings. The van der Waals surface area contributed by atoms with Crippen LogP contribution in [0.15, 0.2) is 168 Å². The largest absolute Gasteiger partial charge is 0.504 e. The van der Waals surface area contributed by atoms with Crippen molar-refractivity contribution in [3.8, 4) is 51.7 Å². The van der Waals surface area contributed by atoms with Gasteiger partial charge in [-0.2, -0.15) is 0 Å². The molecule has 12 nitrogen and oxygen atoms in total. The van der Waals surface area contributed by atoms with Crippen LogP contribution < -0.4 is 27.8 Å². The van der Waals surface area contributed by atoms with E-state index in [1.54, 1.807) is 127 Å². The summed E-state index contributed by atoms with van der Waals surface area (Å²) in [7, 11) is -8.91. The highest BCUT2D eigenvalue weighted by Gasteiger charge is 2.58. The Labute approximate surface area is 296 Å². The third-order valence-electron chi connectivity index (χ3n) is 6.85. The molecule has 258 valence electrons. The molecule has 0 aromatic heterocycles. The van der Waals surface area contributed by atoms with Crippen LogP contribution in [0.5, 0.6) is 51.7 Å². The van der Waals surface area contributed by atoms with Crippen molar-refractivity contribution in [2.45, 2.75) is 0 Å². The van der Waals surface area contributed by atoms with Gasteiger partial charge in [0.1, 0.15) is 17.2 Å². The molecule has 3 N–H and O–H groups in total. The van der Waals surface area contributed by atoms with Gasteiger partial charge in [0.15, 0.2) is 34.5 Å². The highest BCUT2D eigenvalue weighted by Crippen LogP contribution is 2.78. The van der Waals surface area contributed by atoms with Crippen LogP contribution in [-0.2, 0) is 0 Å². The van der Waals surface area contributed by atoms with Crippen molar-refractivity contribution in [1.82, 2.24) is 9.21 Å². The lowest BCUT2D eigenvalue weighted by molar-refractivity contribution is 0.0528. The van der Waals surface area contributed by atoms with Crippen LogP contribution in [0, 0.1) is 0 Å². The van der Waals surface area contributed by atoms with Crippen LogP contribution in [0.4, 0.5) is 0 Å². The maximum absolute atomic E-state index is 11.0. The van der Waals surface area contributed by atoms with Gasteiger partial charge in [0.05, 0.1) is 0 Å². The summed E-state index contributed by atoms with van der Waals surface area (Å²) in [5.74, 6) is 0.794. The fourth-order valence-electron chi connectivity index (χ4n) is 4.48. The topological polar surface area (TPSA) is 135 Å². The molecule has 0 bridgehead atoms. The third-order valence-corrected chi connectivity index (χ3v) is 13.7. The first kappa shape index (κ1) is 34.0. The molecule has 6 aromatic carbocycles. The fraction of sp³-hybridized carbons (Fsp3) is 0. The molecule has 1 aliphatic heterocycles. The average Bonchev–Trinajstić information content (AvgIpc) is 3.15. The van der Waals surface area contributed by atoms with Gasteiger partial charge in [-0.1, -0.05) is 91.0 Å². The van der Waals surface area contributed by atoms with Crippen molar-refractivity contribution in [3.63, 3.8) is 0 Å². The van der Waals surface area contributed by atoms with Gasteiger partial charge in [-0.15, -0.1) is 4.52 Å². The first-order valence-corrected chi connectivity index (χ1v) is 19.3. The quantitative estimate of drug-likeness (QED) is 0.103. The average molecular weight is 742 g/mol. The van der Waals surface area contributed by atoms with Gasteiger partial charge >= 0.3 is 24.6 Å². The van der Waals surface area contributed by atoms with E-state index in [0.717, 1.165) is 0 Å². The summed E-state index contributed by atoms with van der Waals surface area (Å²) < 4.78 is 34.4. The van der Waals surface area contributed by atoms with E-state index in [4.69, 9.17) is 32.3 Å². The van der Waals surface area contributed by atoms with E-state index in [1.807, 2.05) is 18.2 Å². The summed E-state index contributed by atoms with van der Waals surface area (Å²) in [5, 5.41) is 32.7. The van der Waals surface area contributed by atoms with Gasteiger partial charge in [-0.05, 0) is 72.8 Å². The minimum atomic E-state index is -3.98. The van der Waals surface area contributed by atoms with E-state index in [9.17, 15) is 15.3 Å². The van der Waals surface area contributed by atoms with Crippen molar-refractivity contribution in [1.29, 1.82) is 0 Å². The highest BCUT2D eigenvalue weighted by atomic mass is 31.3. The molecular weight excluding hydrogens is 711 g/mol. The number of benzene rings is 6. The summed E-state index contributed by atoms with van der Waals surface area (Å²) in [6.07, 6.45) is 0. The van der Waals surface area contributed by atoms with Gasteiger partial charge in [0, 0.05) is 9.21 Å². The van der Waals surface area contributed by atoms with E-state index in [0.29, 0.717) is 17.2 Å². The van der Waals surface area contributed by atoms with Crippen LogP contribution >= 0.6 is 24.6 Å². The molecule has 0 radical (unpaired) electrons. The number of hydrogen-bond acceptors (Lipinski definition) is 12. The second-order valence-electron chi connectivity index (χ2n) is 10.5. The molecule has 51 heavy (non-hydrogen) atoms. The zero-order chi connectivity index (χ0) is 35.0. The zero-order valence-corrected chi connectivity index (χ0v) is 29.2. The maximum Gasteiger partial charge on any atom is 0.447 e. The SMILES string of the molecule is Oc1ccccc1ON1P(Oc2ccccc2O)N=P(Oc2ccccc2)(Oc2ccccc2)N(Oc2ccccc2)P1Oc1ccccc1O. The van der Waals surface area contributed by atoms with Crippen LogP contribution in [0.2, 0.25) is 0 Å². The van der Waals surface area contributed by atoms with Crippen molar-refractivity contribution in [3.05, 3.63) is 164 Å². The molecule has 0 spiro atoms. The van der Waals surface area contributed by atoms with E-state index < -0.39 is 24.6 Å². The van der Waals surface area contributed by atoms with E-state index in [2.05, 4.69) is 0 Å². The maximum atomic E-state index is 11.0. The Morgan fingerprint density at radius 2 is 0.863 bits per heavy atom. The Balaban J connectivity index is 1.50. The number of rotatable bonds is 12. The lowest BCUT2D eigenvalue weighted by Crippen LogP contribution is -2.37. The molecule has 2 unspecified atom stereocenters. The zero-order valence-electron chi connectivity index (χ0n) is 26.6. The van der Waals surface area contributed by atoms with Gasteiger partial charge in [-0.3, -0.25) is 0 Å². The molecule has 1 heterocycles. The third kappa shape index (κ3) is 7.97. The molecule has 0 aliphatic carbocycles. The second-order valence-corrected chi connectivity index (χ2v) is 16.0. The molecular formula is C36H30N3O9P3. The molecule has 0 fully saturated rings. The Kier molecular flexibility index (Phi) is 10.4. The van der Waals surface area contributed by atoms with Crippen molar-refractivity contribution in [2.24, 2.45) is 4.52 Å². The Morgan fingerprint density at radius 1 is 0.451 bits per heavy atom. The lowest BCUT2D eigenvalue weighted by Gasteiger charge is -2.43. The first-order valence-electron chi connectivity index (χ1n) is 15.4. The number of para-hydroxylation sites is 9. The molecule has 0 saturated heterocycles. The van der Waals surface area contributed by atoms with Gasteiger partial charge < -0.3 is 43.1 Å². The Hall–Kier alpha value is -5.47. The van der Waals surface area contributed by atoms with Gasteiger partial charge in [0.2, 0.25) is 0 Å². The van der Waals surface area contributed by atoms with Crippen molar-refractivity contribution in [2.75, 3.05) is 0 Å². The summed E-state index contributed by atoms with van der Waals surface area (Å²) >= 11 is 0. The normalized spacial score (nSPS) is 17.0. The number of aromatic hydroxyl groups is 3. The number of hydrogen-bond donors (Lipinski definition) is 3. The minimum Gasteiger partial charge on any atom is -0.504 e. The number of phenolic OH excluding ortho intramolecular Hbond substituents is 3. The summed E-state index contributed by atoms with van der Waals surface area (Å²) in [6, 6.07) is 45.9. The summed E-state index contributed by atoms with van der Waals surface area (Å²) in [4.78, 5) is 13.1. The van der Waals surface area contributed by atoms with Gasteiger partial charge in [-0.25, -0.2) is 0 Å². The van der Waals surface area contributed by atoms with Crippen LogP contribution in [0.3, 0.4) is 0 Å². The molecule has 15 heteroatoms. The molecule has 0 amide bonds. The second kappa shape index (κ2) is 15.6. The standard InChI is InChI=1S/C36H30N3O9P3/c40-31-22-10-13-25-34(31)44-38-49(45-35-26-14-11-23-32(35)41)37-51(47-29-18-6-2-7-19-29,48-30-20-8-3-9-21-30)39(43-28-16-4-1-5-17-28)50(38)46-36-27-15-12-24-33(36)42/h1-27,40-42H. The molecule has 2 atom stereocenters. The minimum absolute atomic E-state index is 0.0351. The summed E-state index contributed by atoms with van der Waals surface area (Å²) in [5.41, 5.74) is 0. The Morgan fingerprint density at radius 3 is 1.35 bits per heavy atom. The first-order chi connectivity index (χ1) is 25.0. The predicted molar refractivity (Wildman–Crippen MR) is 194 cm³/mol. The highest BCUT2D eigenvalue weighted by molar-refractivity contribution is 7.78. The summed E-state index contributed by atoms with van der Waals surface area (Å²) in [6.45, 7) is 0. The van der Waals surface area contributed by atoms with E-state index in [1.165, 1.54) is 27.4 Å². The number of nitrogens with zero attached hydrogens (tertiary/aromatic N) is 3. The van der Waals surface area contributed by atoms with Crippen molar-refractivity contribution < 1.29 is 43.1 Å². The van der Waals surface area contributed by atoms with E-state index >= 15 is 0 Å².